The molecule has 2 N–H and O–H groups in total. The van der Waals surface area contributed by atoms with Gasteiger partial charge in [0.05, 0.1) is 29.7 Å². The molecule has 1 aliphatic heterocycles. The molecule has 3 aromatic rings. The lowest BCUT2D eigenvalue weighted by atomic mass is 10.0. The topological polar surface area (TPSA) is 56.3 Å². The van der Waals surface area contributed by atoms with Crippen LogP contribution in [-0.4, -0.2) is 35.2 Å². The smallest absolute Gasteiger partial charge is 0.292 e. The van der Waals surface area contributed by atoms with Crippen molar-refractivity contribution >= 4 is 16.6 Å². The van der Waals surface area contributed by atoms with Crippen LogP contribution in [0.5, 0.6) is 0 Å². The van der Waals surface area contributed by atoms with Crippen LogP contribution >= 0.6 is 0 Å². The monoisotopic (exact) mass is 392 g/mol. The zero-order valence-corrected chi connectivity index (χ0v) is 14.8. The number of nitrogens with one attached hydrogen (secondary N) is 1. The molecule has 1 atom stereocenters. The van der Waals surface area contributed by atoms with Crippen LogP contribution in [0.4, 0.5) is 23.2 Å². The molecule has 146 valence electrons. The fourth-order valence-corrected chi connectivity index (χ4v) is 3.52. The predicted molar refractivity (Wildman–Crippen MR) is 97.8 cm³/mol. The van der Waals surface area contributed by atoms with E-state index in [0.717, 1.165) is 6.07 Å². The van der Waals surface area contributed by atoms with E-state index in [1.165, 1.54) is 11.8 Å². The maximum atomic E-state index is 14.0. The van der Waals surface area contributed by atoms with E-state index >= 15 is 0 Å². The van der Waals surface area contributed by atoms with Crippen molar-refractivity contribution < 1.29 is 22.7 Å². The lowest BCUT2D eigenvalue weighted by Crippen LogP contribution is -2.31. The minimum atomic E-state index is -3.17. The lowest BCUT2D eigenvalue weighted by molar-refractivity contribution is -0.0712. The zero-order chi connectivity index (χ0) is 20.2. The van der Waals surface area contributed by atoms with Crippen LogP contribution < -0.4 is 10.3 Å². The van der Waals surface area contributed by atoms with Gasteiger partial charge in [0, 0.05) is 17.3 Å². The van der Waals surface area contributed by atoms with Crippen molar-refractivity contribution in [2.45, 2.75) is 19.0 Å². The van der Waals surface area contributed by atoms with Crippen LogP contribution in [0.1, 0.15) is 5.56 Å². The number of alkyl halides is 2. The summed E-state index contributed by atoms with van der Waals surface area (Å²) in [5.41, 5.74) is 1.20. The second-order valence-electron chi connectivity index (χ2n) is 6.97. The molecule has 1 aromatic heterocycles. The number of anilines is 1. The van der Waals surface area contributed by atoms with Gasteiger partial charge in [0.2, 0.25) is 0 Å². The van der Waals surface area contributed by atoms with Crippen LogP contribution in [0.25, 0.3) is 22.2 Å². The van der Waals surface area contributed by atoms with Crippen molar-refractivity contribution in [1.29, 1.82) is 0 Å². The molecule has 1 fully saturated rings. The molecule has 28 heavy (non-hydrogen) atoms. The number of β-amino-alcohol motifs (C(OH)–C–C–N with tert-alkyl or cyclic N) is 1. The largest absolute Gasteiger partial charge is 0.385 e. The van der Waals surface area contributed by atoms with Crippen molar-refractivity contribution in [3.05, 3.63) is 63.8 Å². The van der Waals surface area contributed by atoms with Crippen LogP contribution in [0, 0.1) is 18.6 Å². The van der Waals surface area contributed by atoms with Gasteiger partial charge in [-0.2, -0.15) is 0 Å². The molecule has 8 heteroatoms. The highest BCUT2D eigenvalue weighted by molar-refractivity contribution is 5.84. The molecule has 1 unspecified atom stereocenters. The number of hydrogen-bond donors (Lipinski definition) is 2. The quantitative estimate of drug-likeness (QED) is 0.656. The first-order valence-corrected chi connectivity index (χ1v) is 8.60. The number of aromatic nitrogens is 1. The summed E-state index contributed by atoms with van der Waals surface area (Å²) < 4.78 is 54.6. The summed E-state index contributed by atoms with van der Waals surface area (Å²) in [6.07, 6.45) is -1.73. The standard InChI is InChI=1S/C20H16F4N2O2/c1-10-18(25-15-7-12(21)6-14(22)17(15)19(10)28)11-2-4-13(5-3-11)26-8-16(27)20(23,24)9-26/h2-7,16,27H,8-9H2,1H3,(H,25,28). The number of aromatic amines is 1. The van der Waals surface area contributed by atoms with Gasteiger partial charge in [0.15, 0.2) is 5.43 Å². The molecule has 0 radical (unpaired) electrons. The highest BCUT2D eigenvalue weighted by Gasteiger charge is 2.47. The lowest BCUT2D eigenvalue weighted by Gasteiger charge is -2.18. The normalized spacial score (nSPS) is 18.8. The van der Waals surface area contributed by atoms with Gasteiger partial charge in [0.25, 0.3) is 5.92 Å². The Balaban J connectivity index is 1.75. The van der Waals surface area contributed by atoms with E-state index in [0.29, 0.717) is 23.0 Å². The summed E-state index contributed by atoms with van der Waals surface area (Å²) in [5, 5.41) is 9.23. The fourth-order valence-electron chi connectivity index (χ4n) is 3.52. The van der Waals surface area contributed by atoms with Gasteiger partial charge >= 0.3 is 0 Å². The average molecular weight is 392 g/mol. The Morgan fingerprint density at radius 1 is 1.18 bits per heavy atom. The number of H-pyrrole nitrogens is 1. The Labute approximate surface area is 157 Å². The van der Waals surface area contributed by atoms with Crippen LogP contribution in [-0.2, 0) is 0 Å². The first kappa shape index (κ1) is 18.5. The molecule has 1 aliphatic rings. The molecular formula is C20H16F4N2O2. The first-order chi connectivity index (χ1) is 13.2. The van der Waals surface area contributed by atoms with Gasteiger partial charge in [0.1, 0.15) is 17.7 Å². The zero-order valence-electron chi connectivity index (χ0n) is 14.8. The molecule has 0 spiro atoms. The molecule has 4 nitrogen and oxygen atoms in total. The van der Waals surface area contributed by atoms with Crippen LogP contribution in [0.15, 0.2) is 41.2 Å². The number of nitrogens with zero attached hydrogens (tertiary/aromatic N) is 1. The van der Waals surface area contributed by atoms with E-state index in [1.54, 1.807) is 24.3 Å². The van der Waals surface area contributed by atoms with Gasteiger partial charge in [-0.1, -0.05) is 12.1 Å². The Kier molecular flexibility index (Phi) is 4.19. The minimum absolute atomic E-state index is 0.0366. The molecule has 0 bridgehead atoms. The Hall–Kier alpha value is -2.87. The summed E-state index contributed by atoms with van der Waals surface area (Å²) in [6, 6.07) is 8.14. The number of aliphatic hydroxyl groups is 1. The third kappa shape index (κ3) is 2.93. The molecule has 1 saturated heterocycles. The van der Waals surface area contributed by atoms with E-state index in [-0.39, 0.29) is 23.0 Å². The summed E-state index contributed by atoms with van der Waals surface area (Å²) in [6.45, 7) is 0.760. The Morgan fingerprint density at radius 3 is 2.46 bits per heavy atom. The second-order valence-corrected chi connectivity index (χ2v) is 6.97. The van der Waals surface area contributed by atoms with Crippen molar-refractivity contribution in [2.24, 2.45) is 0 Å². The van der Waals surface area contributed by atoms with Crippen LogP contribution in [0.3, 0.4) is 0 Å². The van der Waals surface area contributed by atoms with Gasteiger partial charge in [-0.05, 0) is 30.7 Å². The molecule has 2 aromatic carbocycles. The SMILES string of the molecule is Cc1c(-c2ccc(N3CC(O)C(F)(F)C3)cc2)[nH]c2cc(F)cc(F)c2c1=O. The van der Waals surface area contributed by atoms with Gasteiger partial charge in [-0.25, -0.2) is 17.6 Å². The van der Waals surface area contributed by atoms with E-state index < -0.39 is 35.6 Å². The number of halogens is 4. The number of rotatable bonds is 2. The Bertz CT molecular complexity index is 1130. The molecule has 4 rings (SSSR count). The fraction of sp³-hybridized carbons (Fsp3) is 0.250. The van der Waals surface area contributed by atoms with E-state index in [9.17, 15) is 27.5 Å². The summed E-state index contributed by atoms with van der Waals surface area (Å²) in [5.74, 6) is -4.92. The third-order valence-corrected chi connectivity index (χ3v) is 5.06. The predicted octanol–water partition coefficient (Wildman–Crippen LogP) is 3.60. The third-order valence-electron chi connectivity index (χ3n) is 5.06. The van der Waals surface area contributed by atoms with Crippen LogP contribution in [0.2, 0.25) is 0 Å². The molecule has 2 heterocycles. The molecular weight excluding hydrogens is 376 g/mol. The van der Waals surface area contributed by atoms with E-state index in [4.69, 9.17) is 0 Å². The second kappa shape index (κ2) is 6.34. The first-order valence-electron chi connectivity index (χ1n) is 8.60. The van der Waals surface area contributed by atoms with Crippen molar-refractivity contribution in [1.82, 2.24) is 4.98 Å². The summed E-state index contributed by atoms with van der Waals surface area (Å²) in [7, 11) is 0. The van der Waals surface area contributed by atoms with E-state index in [2.05, 4.69) is 4.98 Å². The average Bonchev–Trinajstić information content (AvgIpc) is 2.90. The maximum absolute atomic E-state index is 14.0. The van der Waals surface area contributed by atoms with Gasteiger partial charge in [-0.15, -0.1) is 0 Å². The van der Waals surface area contributed by atoms with E-state index in [1.807, 2.05) is 0 Å². The highest BCUT2D eigenvalue weighted by Crippen LogP contribution is 2.32. The summed E-state index contributed by atoms with van der Waals surface area (Å²) in [4.78, 5) is 16.8. The van der Waals surface area contributed by atoms with Gasteiger partial charge in [-0.3, -0.25) is 4.79 Å². The number of hydrogen-bond acceptors (Lipinski definition) is 3. The van der Waals surface area contributed by atoms with Crippen molar-refractivity contribution in [3.63, 3.8) is 0 Å². The molecule has 0 amide bonds. The minimum Gasteiger partial charge on any atom is -0.385 e. The summed E-state index contributed by atoms with van der Waals surface area (Å²) >= 11 is 0. The number of aliphatic hydroxyl groups excluding tert-OH is 1. The number of pyridine rings is 1. The number of fused-ring (bicyclic) bond motifs is 1. The van der Waals surface area contributed by atoms with Crippen molar-refractivity contribution in [2.75, 3.05) is 18.0 Å². The highest BCUT2D eigenvalue weighted by atomic mass is 19.3. The molecule has 0 saturated carbocycles. The Morgan fingerprint density at radius 2 is 1.86 bits per heavy atom. The maximum Gasteiger partial charge on any atom is 0.292 e. The number of benzene rings is 2. The van der Waals surface area contributed by atoms with Gasteiger partial charge < -0.3 is 15.0 Å². The molecule has 0 aliphatic carbocycles. The van der Waals surface area contributed by atoms with Crippen molar-refractivity contribution in [3.8, 4) is 11.3 Å².